The number of carbonyl (C=O) groups is 2. The number of esters is 1. The first-order valence-electron chi connectivity index (χ1n) is 9.40. The molecule has 0 bridgehead atoms. The molecule has 0 fully saturated rings. The average Bonchev–Trinajstić information content (AvgIpc) is 2.82. The van der Waals surface area contributed by atoms with E-state index in [2.05, 4.69) is 0 Å². The number of benzene rings is 2. The largest absolute Gasteiger partial charge is 0.493 e. The van der Waals surface area contributed by atoms with Crippen molar-refractivity contribution in [3.05, 3.63) is 81.2 Å². The van der Waals surface area contributed by atoms with Gasteiger partial charge in [-0.2, -0.15) is 5.26 Å². The average molecular weight is 473 g/mol. The number of carbonyl (C=O) groups excluding carboxylic acids is 2. The Morgan fingerprint density at radius 1 is 1.15 bits per heavy atom. The van der Waals surface area contributed by atoms with Gasteiger partial charge in [-0.3, -0.25) is 4.79 Å². The minimum Gasteiger partial charge on any atom is -0.493 e. The van der Waals surface area contributed by atoms with Crippen molar-refractivity contribution in [2.24, 2.45) is 5.73 Å². The van der Waals surface area contributed by atoms with Crippen LogP contribution in [0.3, 0.4) is 0 Å². The van der Waals surface area contributed by atoms with Gasteiger partial charge in [-0.1, -0.05) is 23.7 Å². The molecule has 1 heterocycles. The monoisotopic (exact) mass is 472 g/mol. The number of nitrogens with zero attached hydrogens (tertiary/aromatic N) is 1. The SMILES string of the molecule is COC(=O)C1=C(C(=O)c2cccc(OC)c2OC)C(c2c(F)cccc2Cl)C(C#N)=C(N)O1. The topological polar surface area (TPSA) is 121 Å². The third-order valence-corrected chi connectivity index (χ3v) is 5.30. The molecular formula is C23H18ClFN2O6. The predicted molar refractivity (Wildman–Crippen MR) is 115 cm³/mol. The summed E-state index contributed by atoms with van der Waals surface area (Å²) in [5, 5.41) is 9.69. The van der Waals surface area contributed by atoms with Crippen molar-refractivity contribution >= 4 is 23.4 Å². The van der Waals surface area contributed by atoms with Gasteiger partial charge in [0.15, 0.2) is 17.3 Å². The normalized spacial score (nSPS) is 15.5. The molecule has 0 aliphatic carbocycles. The van der Waals surface area contributed by atoms with E-state index in [0.717, 1.165) is 13.2 Å². The molecule has 2 aromatic carbocycles. The smallest absolute Gasteiger partial charge is 0.374 e. The highest BCUT2D eigenvalue weighted by Gasteiger charge is 2.42. The number of allylic oxidation sites excluding steroid dienone is 2. The Balaban J connectivity index is 2.40. The minimum absolute atomic E-state index is 0.0351. The van der Waals surface area contributed by atoms with Crippen LogP contribution < -0.4 is 15.2 Å². The Labute approximate surface area is 193 Å². The molecule has 2 N–H and O–H groups in total. The lowest BCUT2D eigenvalue weighted by molar-refractivity contribution is -0.139. The van der Waals surface area contributed by atoms with Crippen LogP contribution in [0.4, 0.5) is 4.39 Å². The van der Waals surface area contributed by atoms with Crippen molar-refractivity contribution in [2.45, 2.75) is 5.92 Å². The third-order valence-electron chi connectivity index (χ3n) is 4.97. The first kappa shape index (κ1) is 23.6. The van der Waals surface area contributed by atoms with Gasteiger partial charge < -0.3 is 24.7 Å². The highest BCUT2D eigenvalue weighted by Crippen LogP contribution is 2.45. The maximum absolute atomic E-state index is 15.0. The number of hydrogen-bond acceptors (Lipinski definition) is 8. The molecule has 8 nitrogen and oxygen atoms in total. The summed E-state index contributed by atoms with van der Waals surface area (Å²) in [6, 6.07) is 10.2. The van der Waals surface area contributed by atoms with Gasteiger partial charge in [0, 0.05) is 10.6 Å². The molecule has 0 aromatic heterocycles. The maximum atomic E-state index is 15.0. The van der Waals surface area contributed by atoms with Gasteiger partial charge in [0.2, 0.25) is 11.6 Å². The Bertz CT molecular complexity index is 1230. The van der Waals surface area contributed by atoms with Crippen LogP contribution in [0.5, 0.6) is 11.5 Å². The first-order chi connectivity index (χ1) is 15.8. The molecule has 1 unspecified atom stereocenters. The van der Waals surface area contributed by atoms with E-state index in [1.165, 1.54) is 38.5 Å². The number of para-hydroxylation sites is 1. The van der Waals surface area contributed by atoms with E-state index < -0.39 is 40.7 Å². The maximum Gasteiger partial charge on any atom is 0.374 e. The van der Waals surface area contributed by atoms with E-state index in [1.807, 2.05) is 6.07 Å². The van der Waals surface area contributed by atoms with E-state index in [0.29, 0.717) is 0 Å². The second-order valence-electron chi connectivity index (χ2n) is 6.66. The fraction of sp³-hybridized carbons (Fsp3) is 0.174. The van der Waals surface area contributed by atoms with Gasteiger partial charge >= 0.3 is 5.97 Å². The van der Waals surface area contributed by atoms with Crippen molar-refractivity contribution in [3.8, 4) is 17.6 Å². The van der Waals surface area contributed by atoms with Crippen molar-refractivity contribution < 1.29 is 32.9 Å². The second-order valence-corrected chi connectivity index (χ2v) is 7.07. The van der Waals surface area contributed by atoms with Gasteiger partial charge in [0.05, 0.1) is 38.4 Å². The van der Waals surface area contributed by atoms with Crippen LogP contribution in [-0.4, -0.2) is 33.1 Å². The Morgan fingerprint density at radius 3 is 2.42 bits per heavy atom. The van der Waals surface area contributed by atoms with Gasteiger partial charge in [-0.05, 0) is 24.3 Å². The van der Waals surface area contributed by atoms with E-state index in [9.17, 15) is 19.2 Å². The molecule has 33 heavy (non-hydrogen) atoms. The van der Waals surface area contributed by atoms with E-state index in [-0.39, 0.29) is 33.2 Å². The molecule has 0 saturated carbocycles. The molecule has 1 aliphatic rings. The third kappa shape index (κ3) is 4.08. The van der Waals surface area contributed by atoms with Crippen molar-refractivity contribution in [2.75, 3.05) is 21.3 Å². The highest BCUT2D eigenvalue weighted by molar-refractivity contribution is 6.31. The van der Waals surface area contributed by atoms with E-state index >= 15 is 0 Å². The van der Waals surface area contributed by atoms with Crippen LogP contribution in [0, 0.1) is 17.1 Å². The summed E-state index contributed by atoms with van der Waals surface area (Å²) in [6.45, 7) is 0. The lowest BCUT2D eigenvalue weighted by atomic mass is 9.79. The van der Waals surface area contributed by atoms with E-state index in [4.69, 9.17) is 36.3 Å². The number of ether oxygens (including phenoxy) is 4. The number of ketones is 1. The summed E-state index contributed by atoms with van der Waals surface area (Å²) >= 11 is 6.27. The number of halogens is 2. The van der Waals surface area contributed by atoms with Crippen LogP contribution in [0.15, 0.2) is 59.2 Å². The minimum atomic E-state index is -1.46. The standard InChI is InChI=1S/C23H18ClFN2O6/c1-30-15-9-4-6-11(20(15)31-2)19(28)18-16(17-13(24)7-5-8-14(17)25)12(10-26)22(27)33-21(18)23(29)32-3/h4-9,16H,27H2,1-3H3. The summed E-state index contributed by atoms with van der Waals surface area (Å²) in [5.41, 5.74) is 4.91. The molecule has 170 valence electrons. The lowest BCUT2D eigenvalue weighted by Crippen LogP contribution is -2.29. The van der Waals surface area contributed by atoms with Crippen LogP contribution in [0.2, 0.25) is 5.02 Å². The van der Waals surface area contributed by atoms with Gasteiger partial charge in [0.1, 0.15) is 17.5 Å². The fourth-order valence-corrected chi connectivity index (χ4v) is 3.79. The Kier molecular flexibility index (Phi) is 6.89. The van der Waals surface area contributed by atoms with Gasteiger partial charge in [0.25, 0.3) is 0 Å². The molecule has 3 rings (SSSR count). The van der Waals surface area contributed by atoms with Crippen molar-refractivity contribution in [1.82, 2.24) is 0 Å². The van der Waals surface area contributed by atoms with Gasteiger partial charge in [-0.25, -0.2) is 9.18 Å². The number of rotatable bonds is 6. The quantitative estimate of drug-likeness (QED) is 0.500. The molecule has 0 spiro atoms. The van der Waals surface area contributed by atoms with Crippen LogP contribution in [0.1, 0.15) is 21.8 Å². The lowest BCUT2D eigenvalue weighted by Gasteiger charge is -2.28. The molecule has 0 saturated heterocycles. The van der Waals surface area contributed by atoms with Crippen molar-refractivity contribution in [3.63, 3.8) is 0 Å². The highest BCUT2D eigenvalue weighted by atomic mass is 35.5. The predicted octanol–water partition coefficient (Wildman–Crippen LogP) is 3.61. The molecular weight excluding hydrogens is 455 g/mol. The molecule has 1 aliphatic heterocycles. The van der Waals surface area contributed by atoms with Crippen molar-refractivity contribution in [1.29, 1.82) is 5.26 Å². The number of nitriles is 1. The number of Topliss-reactive ketones (excluding diaryl/α,β-unsaturated/α-hetero) is 1. The molecule has 0 amide bonds. The first-order valence-corrected chi connectivity index (χ1v) is 9.78. The van der Waals surface area contributed by atoms with Crippen LogP contribution in [-0.2, 0) is 14.3 Å². The molecule has 2 aromatic rings. The number of nitrogens with two attached hydrogens (primary N) is 1. The molecule has 10 heteroatoms. The zero-order chi connectivity index (χ0) is 24.3. The van der Waals surface area contributed by atoms with Gasteiger partial charge in [-0.15, -0.1) is 0 Å². The Morgan fingerprint density at radius 2 is 1.85 bits per heavy atom. The summed E-state index contributed by atoms with van der Waals surface area (Å²) in [6.07, 6.45) is 0. The van der Waals surface area contributed by atoms with E-state index in [1.54, 1.807) is 6.07 Å². The fourth-order valence-electron chi connectivity index (χ4n) is 3.52. The molecule has 0 radical (unpaired) electrons. The zero-order valence-corrected chi connectivity index (χ0v) is 18.5. The summed E-state index contributed by atoms with van der Waals surface area (Å²) in [5.74, 6) is -4.95. The summed E-state index contributed by atoms with van der Waals surface area (Å²) in [7, 11) is 3.78. The molecule has 1 atom stereocenters. The zero-order valence-electron chi connectivity index (χ0n) is 17.8. The Hall–Kier alpha value is -4.03. The second kappa shape index (κ2) is 9.63. The number of methoxy groups -OCH3 is 3. The summed E-state index contributed by atoms with van der Waals surface area (Å²) in [4.78, 5) is 26.4. The van der Waals surface area contributed by atoms with Crippen LogP contribution in [0.25, 0.3) is 0 Å². The van der Waals surface area contributed by atoms with Crippen LogP contribution >= 0.6 is 11.6 Å². The summed E-state index contributed by atoms with van der Waals surface area (Å²) < 4.78 is 35.7. The number of hydrogen-bond donors (Lipinski definition) is 1.